The maximum atomic E-state index is 11.7. The molecule has 2 heteroatoms. The molecule has 0 amide bonds. The number of carbonyl (C=O) groups excluding carboxylic acids is 1. The summed E-state index contributed by atoms with van der Waals surface area (Å²) in [7, 11) is 2.19. The highest BCUT2D eigenvalue weighted by atomic mass is 16.1. The molecule has 0 unspecified atom stereocenters. The number of carbonyl (C=O) groups is 1. The van der Waals surface area contributed by atoms with Gasteiger partial charge in [0.15, 0.2) is 5.78 Å². The van der Waals surface area contributed by atoms with Gasteiger partial charge < -0.3 is 4.90 Å². The molecule has 1 aromatic carbocycles. The third kappa shape index (κ3) is 2.50. The van der Waals surface area contributed by atoms with Gasteiger partial charge in [0.05, 0.1) is 0 Å². The van der Waals surface area contributed by atoms with Crippen LogP contribution in [0.25, 0.3) is 0 Å². The topological polar surface area (TPSA) is 20.3 Å². The summed E-state index contributed by atoms with van der Waals surface area (Å²) in [6.07, 6.45) is 5.78. The lowest BCUT2D eigenvalue weighted by Gasteiger charge is -2.45. The van der Waals surface area contributed by atoms with Crippen LogP contribution in [-0.4, -0.2) is 30.8 Å². The largest absolute Gasteiger partial charge is 0.305 e. The molecular weight excluding hydrogens is 234 g/mol. The van der Waals surface area contributed by atoms with Crippen LogP contribution in [0.5, 0.6) is 0 Å². The van der Waals surface area contributed by atoms with Crippen LogP contribution in [0.4, 0.5) is 0 Å². The minimum Gasteiger partial charge on any atom is -0.305 e. The Hall–Kier alpha value is -1.41. The van der Waals surface area contributed by atoms with E-state index >= 15 is 0 Å². The molecule has 1 atom stereocenters. The fourth-order valence-electron chi connectivity index (χ4n) is 3.61. The zero-order valence-corrected chi connectivity index (χ0v) is 11.6. The summed E-state index contributed by atoms with van der Waals surface area (Å²) in [6, 6.07) is 10.7. The van der Waals surface area contributed by atoms with E-state index in [-0.39, 0.29) is 5.41 Å². The average Bonchev–Trinajstić information content (AvgIpc) is 2.41. The van der Waals surface area contributed by atoms with E-state index in [4.69, 9.17) is 0 Å². The van der Waals surface area contributed by atoms with E-state index in [2.05, 4.69) is 42.3 Å². The molecule has 1 aromatic rings. The molecule has 3 rings (SSSR count). The minimum atomic E-state index is 0.197. The SMILES string of the molecule is CN1CCC2=CC(=O)CC[C@]2(Cc2ccccc2)C1. The Morgan fingerprint density at radius 1 is 1.21 bits per heavy atom. The van der Waals surface area contributed by atoms with Gasteiger partial charge in [-0.15, -0.1) is 0 Å². The summed E-state index contributed by atoms with van der Waals surface area (Å²) in [5.41, 5.74) is 2.98. The fraction of sp³-hybridized carbons (Fsp3) is 0.471. The minimum absolute atomic E-state index is 0.197. The molecule has 100 valence electrons. The van der Waals surface area contributed by atoms with Crippen LogP contribution in [-0.2, 0) is 11.2 Å². The molecule has 19 heavy (non-hydrogen) atoms. The van der Waals surface area contributed by atoms with Crippen LogP contribution < -0.4 is 0 Å². The first kappa shape index (κ1) is 12.6. The summed E-state index contributed by atoms with van der Waals surface area (Å²) < 4.78 is 0. The number of likely N-dealkylation sites (tertiary alicyclic amines) is 1. The van der Waals surface area contributed by atoms with Crippen LogP contribution in [0.2, 0.25) is 0 Å². The Morgan fingerprint density at radius 3 is 2.79 bits per heavy atom. The molecule has 1 saturated heterocycles. The van der Waals surface area contributed by atoms with Crippen molar-refractivity contribution < 1.29 is 4.79 Å². The lowest BCUT2D eigenvalue weighted by molar-refractivity contribution is -0.116. The standard InChI is InChI=1S/C17H21NO/c1-18-10-8-15-11-16(19)7-9-17(15,13-18)12-14-5-3-2-4-6-14/h2-6,11H,7-10,12-13H2,1H3/t17-/m0/s1. The van der Waals surface area contributed by atoms with Gasteiger partial charge in [-0.25, -0.2) is 0 Å². The van der Waals surface area contributed by atoms with Gasteiger partial charge in [-0.1, -0.05) is 35.9 Å². The predicted molar refractivity (Wildman–Crippen MR) is 77.0 cm³/mol. The van der Waals surface area contributed by atoms with E-state index in [0.29, 0.717) is 12.2 Å². The highest BCUT2D eigenvalue weighted by Crippen LogP contribution is 2.44. The van der Waals surface area contributed by atoms with Gasteiger partial charge in [0, 0.05) is 24.9 Å². The molecule has 2 nitrogen and oxygen atoms in total. The van der Waals surface area contributed by atoms with Gasteiger partial charge >= 0.3 is 0 Å². The van der Waals surface area contributed by atoms with Crippen molar-refractivity contribution in [3.05, 3.63) is 47.5 Å². The van der Waals surface area contributed by atoms with Crippen molar-refractivity contribution in [2.45, 2.75) is 25.7 Å². The quantitative estimate of drug-likeness (QED) is 0.810. The van der Waals surface area contributed by atoms with E-state index in [9.17, 15) is 4.79 Å². The van der Waals surface area contributed by atoms with Gasteiger partial charge in [0.2, 0.25) is 0 Å². The summed E-state index contributed by atoms with van der Waals surface area (Å²) in [6.45, 7) is 2.16. The van der Waals surface area contributed by atoms with Crippen molar-refractivity contribution >= 4 is 5.78 Å². The molecule has 0 bridgehead atoms. The number of piperidine rings is 1. The van der Waals surface area contributed by atoms with Crippen LogP contribution in [0.15, 0.2) is 42.0 Å². The summed E-state index contributed by atoms with van der Waals surface area (Å²) in [5, 5.41) is 0. The Balaban J connectivity index is 1.93. The van der Waals surface area contributed by atoms with Crippen LogP contribution in [0.1, 0.15) is 24.8 Å². The zero-order chi connectivity index (χ0) is 13.3. The smallest absolute Gasteiger partial charge is 0.155 e. The van der Waals surface area contributed by atoms with Gasteiger partial charge in [0.25, 0.3) is 0 Å². The summed E-state index contributed by atoms with van der Waals surface area (Å²) in [4.78, 5) is 14.1. The first-order chi connectivity index (χ1) is 9.18. The van der Waals surface area contributed by atoms with Crippen molar-refractivity contribution in [1.29, 1.82) is 0 Å². The molecule has 1 aliphatic carbocycles. The lowest BCUT2D eigenvalue weighted by atomic mass is 9.65. The highest BCUT2D eigenvalue weighted by Gasteiger charge is 2.40. The number of allylic oxidation sites excluding steroid dienone is 1. The first-order valence-corrected chi connectivity index (χ1v) is 7.14. The second kappa shape index (κ2) is 4.93. The maximum Gasteiger partial charge on any atom is 0.155 e. The first-order valence-electron chi connectivity index (χ1n) is 7.14. The van der Waals surface area contributed by atoms with E-state index in [1.807, 2.05) is 6.08 Å². The van der Waals surface area contributed by atoms with E-state index in [0.717, 1.165) is 32.4 Å². The third-order valence-electron chi connectivity index (χ3n) is 4.59. The maximum absolute atomic E-state index is 11.7. The number of nitrogens with zero attached hydrogens (tertiary/aromatic N) is 1. The van der Waals surface area contributed by atoms with Gasteiger partial charge in [-0.2, -0.15) is 0 Å². The average molecular weight is 255 g/mol. The second-order valence-corrected chi connectivity index (χ2v) is 6.07. The number of rotatable bonds is 2. The fourth-order valence-corrected chi connectivity index (χ4v) is 3.61. The Morgan fingerprint density at radius 2 is 2.00 bits per heavy atom. The van der Waals surface area contributed by atoms with Crippen molar-refractivity contribution in [1.82, 2.24) is 4.90 Å². The molecule has 1 fully saturated rings. The third-order valence-corrected chi connectivity index (χ3v) is 4.59. The van der Waals surface area contributed by atoms with Crippen molar-refractivity contribution in [3.8, 4) is 0 Å². The number of hydrogen-bond donors (Lipinski definition) is 0. The molecule has 1 heterocycles. The molecular formula is C17H21NO. The molecule has 0 N–H and O–H groups in total. The van der Waals surface area contributed by atoms with E-state index in [1.165, 1.54) is 11.1 Å². The van der Waals surface area contributed by atoms with Crippen molar-refractivity contribution in [2.24, 2.45) is 5.41 Å². The highest BCUT2D eigenvalue weighted by molar-refractivity contribution is 5.91. The van der Waals surface area contributed by atoms with Crippen LogP contribution >= 0.6 is 0 Å². The number of fused-ring (bicyclic) bond motifs is 1. The van der Waals surface area contributed by atoms with Gasteiger partial charge in [-0.05, 0) is 37.9 Å². The van der Waals surface area contributed by atoms with E-state index in [1.54, 1.807) is 0 Å². The zero-order valence-electron chi connectivity index (χ0n) is 11.6. The predicted octanol–water partition coefficient (Wildman–Crippen LogP) is 2.84. The molecule has 2 aliphatic rings. The summed E-state index contributed by atoms with van der Waals surface area (Å²) >= 11 is 0. The van der Waals surface area contributed by atoms with Crippen LogP contribution in [0.3, 0.4) is 0 Å². The number of hydrogen-bond acceptors (Lipinski definition) is 2. The van der Waals surface area contributed by atoms with E-state index < -0.39 is 0 Å². The monoisotopic (exact) mass is 255 g/mol. The lowest BCUT2D eigenvalue weighted by Crippen LogP contribution is -2.46. The molecule has 1 aliphatic heterocycles. The normalized spacial score (nSPS) is 27.8. The molecule has 0 radical (unpaired) electrons. The van der Waals surface area contributed by atoms with Gasteiger partial charge in [-0.3, -0.25) is 4.79 Å². The summed E-state index contributed by atoms with van der Waals surface area (Å²) in [5.74, 6) is 0.322. The Kier molecular flexibility index (Phi) is 3.28. The van der Waals surface area contributed by atoms with Gasteiger partial charge in [0.1, 0.15) is 0 Å². The molecule has 0 aromatic heterocycles. The Labute approximate surface area is 115 Å². The Bertz CT molecular complexity index is 505. The second-order valence-electron chi connectivity index (χ2n) is 6.07. The molecule has 0 saturated carbocycles. The van der Waals surface area contributed by atoms with Crippen LogP contribution in [0, 0.1) is 5.41 Å². The number of benzene rings is 1. The molecule has 0 spiro atoms. The number of ketones is 1. The van der Waals surface area contributed by atoms with Crippen molar-refractivity contribution in [2.75, 3.05) is 20.1 Å². The van der Waals surface area contributed by atoms with Crippen molar-refractivity contribution in [3.63, 3.8) is 0 Å².